The summed E-state index contributed by atoms with van der Waals surface area (Å²) in [6, 6.07) is 0. The molecule has 0 saturated heterocycles. The summed E-state index contributed by atoms with van der Waals surface area (Å²) in [5.41, 5.74) is 0. The summed E-state index contributed by atoms with van der Waals surface area (Å²) in [6.07, 6.45) is 6.16. The maximum atomic E-state index is 10.8. The second-order valence-corrected chi connectivity index (χ2v) is 2.66. The molecule has 0 heterocycles. The van der Waals surface area contributed by atoms with Gasteiger partial charge in [0.1, 0.15) is 5.78 Å². The highest BCUT2D eigenvalue weighted by atomic mass is 16.1. The lowest BCUT2D eigenvalue weighted by atomic mass is 10.1. The second kappa shape index (κ2) is 1.22. The molecule has 0 aromatic carbocycles. The van der Waals surface area contributed by atoms with E-state index in [-0.39, 0.29) is 0 Å². The third-order valence-electron chi connectivity index (χ3n) is 2.05. The molecule has 0 radical (unpaired) electrons. The molecule has 2 atom stereocenters. The molecule has 0 N–H and O–H groups in total. The van der Waals surface area contributed by atoms with Gasteiger partial charge in [0.25, 0.3) is 0 Å². The second-order valence-electron chi connectivity index (χ2n) is 2.66. The summed E-state index contributed by atoms with van der Waals surface area (Å²) in [7, 11) is 0. The average Bonchev–Trinajstić information content (AvgIpc) is 2.23. The molecule has 0 aliphatic heterocycles. The molecule has 0 unspecified atom stereocenters. The maximum Gasteiger partial charge on any atom is 0.140 e. The van der Waals surface area contributed by atoms with Crippen molar-refractivity contribution in [1.82, 2.24) is 0 Å². The minimum atomic E-state index is 0.319. The van der Waals surface area contributed by atoms with E-state index in [1.54, 1.807) is 0 Å². The molecule has 1 heteroatoms. The van der Waals surface area contributed by atoms with Crippen LogP contribution in [0.2, 0.25) is 0 Å². The molecule has 2 rings (SSSR count). The van der Waals surface area contributed by atoms with E-state index in [1.807, 2.05) is 0 Å². The summed E-state index contributed by atoms with van der Waals surface area (Å²) < 4.78 is 0. The summed E-state index contributed by atoms with van der Waals surface area (Å²) in [5, 5.41) is 0. The molecule has 0 aromatic rings. The molecule has 1 nitrogen and oxygen atoms in total. The smallest absolute Gasteiger partial charge is 0.140 e. The van der Waals surface area contributed by atoms with Gasteiger partial charge in [0, 0.05) is 12.3 Å². The van der Waals surface area contributed by atoms with Crippen molar-refractivity contribution >= 4 is 5.78 Å². The minimum Gasteiger partial charge on any atom is -0.299 e. The van der Waals surface area contributed by atoms with Crippen molar-refractivity contribution < 1.29 is 4.79 Å². The highest BCUT2D eigenvalue weighted by Gasteiger charge is 2.33. The monoisotopic (exact) mass is 108 g/mol. The summed E-state index contributed by atoms with van der Waals surface area (Å²) >= 11 is 0. The van der Waals surface area contributed by atoms with Gasteiger partial charge in [0.05, 0.1) is 0 Å². The SMILES string of the molecule is O=C1C[C@H]2C=C[C@@H]1C2. The Morgan fingerprint density at radius 2 is 2.38 bits per heavy atom. The number of hydrogen-bond acceptors (Lipinski definition) is 1. The normalized spacial score (nSPS) is 41.8. The molecule has 2 aliphatic rings. The molecule has 1 saturated carbocycles. The van der Waals surface area contributed by atoms with Crippen LogP contribution in [0.5, 0.6) is 0 Å². The van der Waals surface area contributed by atoms with E-state index < -0.39 is 0 Å². The largest absolute Gasteiger partial charge is 0.299 e. The topological polar surface area (TPSA) is 17.1 Å². The lowest BCUT2D eigenvalue weighted by Crippen LogP contribution is -2.02. The Kier molecular flexibility index (Phi) is 0.655. The summed E-state index contributed by atoms with van der Waals surface area (Å²) in [6.45, 7) is 0. The predicted molar refractivity (Wildman–Crippen MR) is 30.4 cm³/mol. The molecule has 42 valence electrons. The highest BCUT2D eigenvalue weighted by molar-refractivity contribution is 5.86. The zero-order chi connectivity index (χ0) is 5.56. The van der Waals surface area contributed by atoms with Crippen LogP contribution in [0.3, 0.4) is 0 Å². The summed E-state index contributed by atoms with van der Waals surface area (Å²) in [5.74, 6) is 1.39. The van der Waals surface area contributed by atoms with Crippen LogP contribution < -0.4 is 0 Å². The van der Waals surface area contributed by atoms with Gasteiger partial charge >= 0.3 is 0 Å². The minimum absolute atomic E-state index is 0.319. The number of Topliss-reactive ketones (excluding diaryl/α,β-unsaturated/α-hetero) is 1. The molecule has 2 bridgehead atoms. The summed E-state index contributed by atoms with van der Waals surface area (Å²) in [4.78, 5) is 10.8. The van der Waals surface area contributed by atoms with Gasteiger partial charge < -0.3 is 0 Å². The van der Waals surface area contributed by atoms with Crippen LogP contribution in [-0.4, -0.2) is 5.78 Å². The molecular weight excluding hydrogens is 100 g/mol. The molecule has 2 aliphatic carbocycles. The Hall–Kier alpha value is -0.590. The first-order valence-electron chi connectivity index (χ1n) is 3.07. The maximum absolute atomic E-state index is 10.8. The van der Waals surface area contributed by atoms with Crippen LogP contribution in [0, 0.1) is 11.8 Å². The standard InChI is InChI=1S/C7H8O/c8-7-4-5-1-2-6(7)3-5/h1-2,5-6H,3-4H2/t5-,6+/m0/s1. The van der Waals surface area contributed by atoms with E-state index in [0.29, 0.717) is 17.6 Å². The number of hydrogen-bond donors (Lipinski definition) is 0. The number of carbonyl (C=O) groups is 1. The number of rotatable bonds is 0. The molecule has 0 aromatic heterocycles. The molecule has 1 fully saturated rings. The highest BCUT2D eigenvalue weighted by Crippen LogP contribution is 2.35. The number of ketones is 1. The van der Waals surface area contributed by atoms with Gasteiger partial charge in [0.15, 0.2) is 0 Å². The van der Waals surface area contributed by atoms with Crippen molar-refractivity contribution in [2.75, 3.05) is 0 Å². The van der Waals surface area contributed by atoms with E-state index in [4.69, 9.17) is 0 Å². The van der Waals surface area contributed by atoms with Gasteiger partial charge in [-0.3, -0.25) is 4.79 Å². The number of carbonyl (C=O) groups excluding carboxylic acids is 1. The first kappa shape index (κ1) is 4.30. The van der Waals surface area contributed by atoms with Crippen LogP contribution >= 0.6 is 0 Å². The van der Waals surface area contributed by atoms with Gasteiger partial charge in [-0.05, 0) is 12.3 Å². The third-order valence-corrected chi connectivity index (χ3v) is 2.05. The molecule has 0 amide bonds. The Morgan fingerprint density at radius 3 is 2.62 bits per heavy atom. The van der Waals surface area contributed by atoms with Crippen molar-refractivity contribution in [3.05, 3.63) is 12.2 Å². The van der Waals surface area contributed by atoms with Gasteiger partial charge in [0.2, 0.25) is 0 Å². The number of fused-ring (bicyclic) bond motifs is 2. The molecule has 0 spiro atoms. The van der Waals surface area contributed by atoms with E-state index in [9.17, 15) is 4.79 Å². The third kappa shape index (κ3) is 0.391. The Morgan fingerprint density at radius 1 is 1.50 bits per heavy atom. The van der Waals surface area contributed by atoms with E-state index in [0.717, 1.165) is 12.8 Å². The quantitative estimate of drug-likeness (QED) is 0.425. The lowest BCUT2D eigenvalue weighted by molar-refractivity contribution is -0.119. The van der Waals surface area contributed by atoms with Crippen molar-refractivity contribution in [3.63, 3.8) is 0 Å². The lowest BCUT2D eigenvalue weighted by Gasteiger charge is -1.96. The van der Waals surface area contributed by atoms with Crippen LogP contribution in [-0.2, 0) is 4.79 Å². The first-order valence-corrected chi connectivity index (χ1v) is 3.07. The zero-order valence-electron chi connectivity index (χ0n) is 4.63. The fourth-order valence-corrected chi connectivity index (χ4v) is 1.57. The zero-order valence-corrected chi connectivity index (χ0v) is 4.63. The predicted octanol–water partition coefficient (Wildman–Crippen LogP) is 1.15. The van der Waals surface area contributed by atoms with E-state index in [1.165, 1.54) is 0 Å². The van der Waals surface area contributed by atoms with Crippen LogP contribution in [0.4, 0.5) is 0 Å². The van der Waals surface area contributed by atoms with Gasteiger partial charge in [-0.15, -0.1) is 0 Å². The van der Waals surface area contributed by atoms with Gasteiger partial charge in [-0.1, -0.05) is 12.2 Å². The van der Waals surface area contributed by atoms with Crippen LogP contribution in [0.25, 0.3) is 0 Å². The van der Waals surface area contributed by atoms with Crippen LogP contribution in [0.15, 0.2) is 12.2 Å². The number of allylic oxidation sites excluding steroid dienone is 2. The van der Waals surface area contributed by atoms with Crippen molar-refractivity contribution in [3.8, 4) is 0 Å². The fraction of sp³-hybridized carbons (Fsp3) is 0.571. The fourth-order valence-electron chi connectivity index (χ4n) is 1.57. The molecular formula is C7H8O. The Balaban J connectivity index is 2.35. The Bertz CT molecular complexity index is 158. The van der Waals surface area contributed by atoms with Crippen molar-refractivity contribution in [1.29, 1.82) is 0 Å². The Labute approximate surface area is 48.4 Å². The van der Waals surface area contributed by atoms with Crippen molar-refractivity contribution in [2.24, 2.45) is 11.8 Å². The first-order chi connectivity index (χ1) is 3.86. The average molecular weight is 108 g/mol. The van der Waals surface area contributed by atoms with E-state index >= 15 is 0 Å². The van der Waals surface area contributed by atoms with Gasteiger partial charge in [-0.2, -0.15) is 0 Å². The van der Waals surface area contributed by atoms with Crippen molar-refractivity contribution in [2.45, 2.75) is 12.8 Å². The molecule has 8 heavy (non-hydrogen) atoms. The van der Waals surface area contributed by atoms with Crippen LogP contribution in [0.1, 0.15) is 12.8 Å². The van der Waals surface area contributed by atoms with E-state index in [2.05, 4.69) is 12.2 Å². The van der Waals surface area contributed by atoms with Gasteiger partial charge in [-0.25, -0.2) is 0 Å².